The molecule has 1 saturated heterocycles. The fraction of sp³-hybridized carbons (Fsp3) is 0.222. The van der Waals surface area contributed by atoms with Gasteiger partial charge in [0.2, 0.25) is 0 Å². The van der Waals surface area contributed by atoms with Crippen LogP contribution >= 0.6 is 11.6 Å². The molecule has 1 fully saturated rings. The number of hydrogen-bond donors (Lipinski definition) is 0. The molecule has 0 aliphatic carbocycles. The molecule has 1 aliphatic rings. The van der Waals surface area contributed by atoms with Gasteiger partial charge in [0.1, 0.15) is 11.6 Å². The number of fused-ring (bicyclic) bond motifs is 1. The number of ether oxygens (including phenoxy) is 1. The molecule has 1 aliphatic heterocycles. The van der Waals surface area contributed by atoms with E-state index in [1.807, 2.05) is 12.1 Å². The zero-order valence-corrected chi connectivity index (χ0v) is 14.9. The minimum Gasteiger partial charge on any atom is -0.410 e. The first-order valence-electron chi connectivity index (χ1n) is 8.42. The van der Waals surface area contributed by atoms with E-state index in [2.05, 4.69) is 9.88 Å². The molecule has 27 heavy (non-hydrogen) atoms. The highest BCUT2D eigenvalue weighted by atomic mass is 35.5. The number of carbonyl (C=O) groups is 1. The maximum Gasteiger partial charge on any atom is 0.425 e. The summed E-state index contributed by atoms with van der Waals surface area (Å²) < 4.78 is 6.56. The summed E-state index contributed by atoms with van der Waals surface area (Å²) in [5.74, 6) is 0.985. The highest BCUT2D eigenvalue weighted by molar-refractivity contribution is 6.35. The Morgan fingerprint density at radius 3 is 2.52 bits per heavy atom. The summed E-state index contributed by atoms with van der Waals surface area (Å²) in [5, 5.41) is 11.8. The number of pyridine rings is 1. The first kappa shape index (κ1) is 17.3. The van der Waals surface area contributed by atoms with Crippen LogP contribution in [0, 0.1) is 10.1 Å². The van der Waals surface area contributed by atoms with Crippen LogP contribution in [-0.4, -0.2) is 33.7 Å². The second-order valence-corrected chi connectivity index (χ2v) is 6.61. The topological polar surface area (TPSA) is 90.5 Å². The summed E-state index contributed by atoms with van der Waals surface area (Å²) in [6.45, 7) is 1.86. The quantitative estimate of drug-likeness (QED) is 0.493. The number of nitro benzene ring substituents is 1. The molecule has 138 valence electrons. The summed E-state index contributed by atoms with van der Waals surface area (Å²) in [4.78, 5) is 29.5. The summed E-state index contributed by atoms with van der Waals surface area (Å²) in [6.07, 6.45) is 3.00. The van der Waals surface area contributed by atoms with Gasteiger partial charge in [0.05, 0.1) is 9.95 Å². The van der Waals surface area contributed by atoms with Crippen LogP contribution in [0.15, 0.2) is 42.6 Å². The molecule has 3 heterocycles. The molecular weight excluding hydrogens is 372 g/mol. The highest BCUT2D eigenvalue weighted by Gasteiger charge is 2.19. The predicted molar refractivity (Wildman–Crippen MR) is 101 cm³/mol. The zero-order valence-electron chi connectivity index (χ0n) is 14.2. The number of halogens is 1. The van der Waals surface area contributed by atoms with Gasteiger partial charge in [-0.15, -0.1) is 0 Å². The van der Waals surface area contributed by atoms with E-state index in [0.29, 0.717) is 16.1 Å². The van der Waals surface area contributed by atoms with E-state index < -0.39 is 11.0 Å². The lowest BCUT2D eigenvalue weighted by Gasteiger charge is -2.16. The second kappa shape index (κ2) is 6.88. The minimum atomic E-state index is -0.688. The van der Waals surface area contributed by atoms with Crippen molar-refractivity contribution in [3.05, 3.63) is 57.7 Å². The van der Waals surface area contributed by atoms with E-state index >= 15 is 0 Å². The van der Waals surface area contributed by atoms with Crippen molar-refractivity contribution >= 4 is 40.2 Å². The Kier molecular flexibility index (Phi) is 4.41. The van der Waals surface area contributed by atoms with Gasteiger partial charge >= 0.3 is 6.09 Å². The Morgan fingerprint density at radius 2 is 1.85 bits per heavy atom. The van der Waals surface area contributed by atoms with Gasteiger partial charge in [-0.25, -0.2) is 14.3 Å². The summed E-state index contributed by atoms with van der Waals surface area (Å²) in [7, 11) is 0. The average molecular weight is 387 g/mol. The maximum atomic E-state index is 12.6. The Morgan fingerprint density at radius 1 is 1.15 bits per heavy atom. The van der Waals surface area contributed by atoms with Gasteiger partial charge < -0.3 is 9.64 Å². The third-order valence-electron chi connectivity index (χ3n) is 4.47. The third kappa shape index (κ3) is 3.31. The number of carbonyl (C=O) groups excluding carboxylic acids is 1. The fourth-order valence-corrected chi connectivity index (χ4v) is 3.34. The van der Waals surface area contributed by atoms with E-state index in [1.54, 1.807) is 0 Å². The first-order valence-corrected chi connectivity index (χ1v) is 8.80. The van der Waals surface area contributed by atoms with Crippen LogP contribution < -0.4 is 9.64 Å². The zero-order chi connectivity index (χ0) is 19.0. The largest absolute Gasteiger partial charge is 0.425 e. The van der Waals surface area contributed by atoms with Gasteiger partial charge in [0, 0.05) is 36.8 Å². The van der Waals surface area contributed by atoms with Gasteiger partial charge in [-0.2, -0.15) is 0 Å². The molecular formula is C18H15ClN4O4. The molecule has 4 rings (SSSR count). The summed E-state index contributed by atoms with van der Waals surface area (Å²) in [6, 6.07) is 9.01. The molecule has 2 aromatic heterocycles. The molecule has 0 amide bonds. The van der Waals surface area contributed by atoms with Crippen LogP contribution in [0.1, 0.15) is 12.8 Å². The van der Waals surface area contributed by atoms with Crippen molar-refractivity contribution in [2.75, 3.05) is 18.0 Å². The number of nitrogens with zero attached hydrogens (tertiary/aromatic N) is 4. The number of anilines is 1. The monoisotopic (exact) mass is 386 g/mol. The van der Waals surface area contributed by atoms with Crippen molar-refractivity contribution in [2.45, 2.75) is 12.8 Å². The molecule has 3 aromatic rings. The van der Waals surface area contributed by atoms with Crippen molar-refractivity contribution in [1.82, 2.24) is 9.55 Å². The Labute approximate surface area is 159 Å². The molecule has 0 saturated carbocycles. The van der Waals surface area contributed by atoms with Crippen LogP contribution in [0.5, 0.6) is 5.75 Å². The number of benzene rings is 1. The molecule has 8 nitrogen and oxygen atoms in total. The van der Waals surface area contributed by atoms with E-state index in [-0.39, 0.29) is 11.4 Å². The molecule has 0 N–H and O–H groups in total. The van der Waals surface area contributed by atoms with Crippen molar-refractivity contribution in [3.63, 3.8) is 0 Å². The minimum absolute atomic E-state index is 0.0822. The molecule has 0 radical (unpaired) electrons. The molecule has 0 atom stereocenters. The number of non-ortho nitro benzene ring substituents is 1. The maximum absolute atomic E-state index is 12.6. The Balaban J connectivity index is 1.64. The third-order valence-corrected chi connectivity index (χ3v) is 4.77. The van der Waals surface area contributed by atoms with Crippen molar-refractivity contribution < 1.29 is 14.5 Å². The van der Waals surface area contributed by atoms with Crippen LogP contribution in [-0.2, 0) is 0 Å². The van der Waals surface area contributed by atoms with Crippen LogP contribution in [0.2, 0.25) is 5.02 Å². The smallest absolute Gasteiger partial charge is 0.410 e. The number of nitro groups is 1. The lowest BCUT2D eigenvalue weighted by atomic mass is 10.3. The number of rotatable bonds is 3. The SMILES string of the molecule is O=C(Oc1ccc([N+](=O)[O-])cc1)n1cc(Cl)c2ccc(N3CCCC3)nc21. The van der Waals surface area contributed by atoms with Crippen LogP contribution in [0.4, 0.5) is 16.3 Å². The first-order chi connectivity index (χ1) is 13.0. The Hall–Kier alpha value is -3.13. The molecule has 0 bridgehead atoms. The van der Waals surface area contributed by atoms with Gasteiger partial charge in [-0.1, -0.05) is 11.6 Å². The van der Waals surface area contributed by atoms with Crippen molar-refractivity contribution in [2.24, 2.45) is 0 Å². The molecule has 0 spiro atoms. The van der Waals surface area contributed by atoms with E-state index in [4.69, 9.17) is 16.3 Å². The standard InChI is InChI=1S/C18H15ClN4O4/c19-15-11-22(18(24)27-13-5-3-12(4-6-13)23(25)26)17-14(15)7-8-16(20-17)21-9-1-2-10-21/h3-8,11H,1-2,9-10H2. The van der Waals surface area contributed by atoms with Crippen molar-refractivity contribution in [3.8, 4) is 5.75 Å². The van der Waals surface area contributed by atoms with Crippen molar-refractivity contribution in [1.29, 1.82) is 0 Å². The lowest BCUT2D eigenvalue weighted by Crippen LogP contribution is -2.20. The average Bonchev–Trinajstić information content (AvgIpc) is 3.30. The number of aromatic nitrogens is 2. The Bertz CT molecular complexity index is 1030. The van der Waals surface area contributed by atoms with Gasteiger partial charge in [-0.3, -0.25) is 10.1 Å². The van der Waals surface area contributed by atoms with E-state index in [9.17, 15) is 14.9 Å². The highest BCUT2D eigenvalue weighted by Crippen LogP contribution is 2.28. The van der Waals surface area contributed by atoms with Crippen LogP contribution in [0.3, 0.4) is 0 Å². The summed E-state index contributed by atoms with van der Waals surface area (Å²) in [5.41, 5.74) is 0.331. The lowest BCUT2D eigenvalue weighted by molar-refractivity contribution is -0.384. The van der Waals surface area contributed by atoms with E-state index in [1.165, 1.54) is 35.0 Å². The van der Waals surface area contributed by atoms with Crippen LogP contribution in [0.25, 0.3) is 11.0 Å². The van der Waals surface area contributed by atoms with Gasteiger partial charge in [0.15, 0.2) is 5.65 Å². The second-order valence-electron chi connectivity index (χ2n) is 6.20. The van der Waals surface area contributed by atoms with E-state index in [0.717, 1.165) is 31.7 Å². The molecule has 0 unspecified atom stereocenters. The van der Waals surface area contributed by atoms with Gasteiger partial charge in [-0.05, 0) is 37.1 Å². The van der Waals surface area contributed by atoms with Gasteiger partial charge in [0.25, 0.3) is 5.69 Å². The molecule has 1 aromatic carbocycles. The predicted octanol–water partition coefficient (Wildman–Crippen LogP) is 4.25. The summed E-state index contributed by atoms with van der Waals surface area (Å²) >= 11 is 6.24. The fourth-order valence-electron chi connectivity index (χ4n) is 3.10. The number of hydrogen-bond acceptors (Lipinski definition) is 6. The normalized spacial score (nSPS) is 13.9. The molecule has 9 heteroatoms.